The molecule has 0 saturated carbocycles. The van der Waals surface area contributed by atoms with Gasteiger partial charge < -0.3 is 19.5 Å². The van der Waals surface area contributed by atoms with Crippen molar-refractivity contribution in [2.45, 2.75) is 13.0 Å². The van der Waals surface area contributed by atoms with Crippen molar-refractivity contribution in [2.24, 2.45) is 0 Å². The van der Waals surface area contributed by atoms with Gasteiger partial charge in [0, 0.05) is 44.3 Å². The molecule has 0 bridgehead atoms. The van der Waals surface area contributed by atoms with Crippen molar-refractivity contribution in [1.29, 1.82) is 0 Å². The molecule has 0 aliphatic carbocycles. The van der Waals surface area contributed by atoms with Gasteiger partial charge in [-0.25, -0.2) is 4.98 Å². The van der Waals surface area contributed by atoms with Crippen LogP contribution >= 0.6 is 11.3 Å². The average Bonchev–Trinajstić information content (AvgIpc) is 3.17. The number of aliphatic hydroxyl groups is 1. The monoisotopic (exact) mass is 363 g/mol. The molecule has 1 unspecified atom stereocenters. The van der Waals surface area contributed by atoms with Gasteiger partial charge in [-0.2, -0.15) is 0 Å². The Bertz CT molecular complexity index is 613. The predicted molar refractivity (Wildman–Crippen MR) is 99.9 cm³/mol. The third kappa shape index (κ3) is 5.32. The lowest BCUT2D eigenvalue weighted by molar-refractivity contribution is 0.0663. The average molecular weight is 363 g/mol. The van der Waals surface area contributed by atoms with Crippen LogP contribution in [0.3, 0.4) is 0 Å². The molecule has 7 heteroatoms. The van der Waals surface area contributed by atoms with Gasteiger partial charge >= 0.3 is 0 Å². The van der Waals surface area contributed by atoms with E-state index >= 15 is 0 Å². The van der Waals surface area contributed by atoms with E-state index in [1.807, 2.05) is 42.8 Å². The van der Waals surface area contributed by atoms with Gasteiger partial charge in [0.05, 0.1) is 6.61 Å². The molecule has 0 spiro atoms. The van der Waals surface area contributed by atoms with E-state index in [9.17, 15) is 5.11 Å². The number of β-amino-alcohol motifs (C(OH)–C–C–N with tert-alkyl or cyclic N) is 1. The highest BCUT2D eigenvalue weighted by molar-refractivity contribution is 7.13. The smallest absolute Gasteiger partial charge is 0.185 e. The number of hydrogen-bond acceptors (Lipinski definition) is 7. The van der Waals surface area contributed by atoms with Crippen molar-refractivity contribution in [1.82, 2.24) is 9.88 Å². The number of rotatable bonds is 8. The maximum atomic E-state index is 10.2. The number of thiazole rings is 1. The van der Waals surface area contributed by atoms with E-state index in [1.54, 1.807) is 11.3 Å². The van der Waals surface area contributed by atoms with Crippen molar-refractivity contribution in [3.05, 3.63) is 35.8 Å². The zero-order chi connectivity index (χ0) is 17.5. The van der Waals surface area contributed by atoms with Gasteiger partial charge in [0.25, 0.3) is 0 Å². The molecular formula is C18H25N3O3S. The first kappa shape index (κ1) is 18.0. The molecule has 136 valence electrons. The molecule has 2 aromatic rings. The Balaban J connectivity index is 1.37. The molecule has 0 radical (unpaired) electrons. The summed E-state index contributed by atoms with van der Waals surface area (Å²) in [6.45, 7) is 7.27. The SMILES string of the molecule is CCOc1ccc(OCC(O)CN2CCN(c3nccs3)CC2)cc1. The normalized spacial score (nSPS) is 16.6. The summed E-state index contributed by atoms with van der Waals surface area (Å²) >= 11 is 1.67. The molecule has 25 heavy (non-hydrogen) atoms. The highest BCUT2D eigenvalue weighted by Gasteiger charge is 2.20. The molecule has 1 fully saturated rings. The van der Waals surface area contributed by atoms with E-state index in [-0.39, 0.29) is 0 Å². The second-order valence-corrected chi connectivity index (χ2v) is 6.84. The van der Waals surface area contributed by atoms with Crippen molar-refractivity contribution >= 4 is 16.5 Å². The second kappa shape index (κ2) is 9.03. The Kier molecular flexibility index (Phi) is 6.49. The summed E-state index contributed by atoms with van der Waals surface area (Å²) < 4.78 is 11.1. The van der Waals surface area contributed by atoms with Crippen molar-refractivity contribution in [3.8, 4) is 11.5 Å². The molecule has 1 aromatic heterocycles. The number of aliphatic hydroxyl groups excluding tert-OH is 1. The maximum absolute atomic E-state index is 10.2. The first-order chi connectivity index (χ1) is 12.2. The van der Waals surface area contributed by atoms with Crippen LogP contribution in [0, 0.1) is 0 Å². The zero-order valence-electron chi connectivity index (χ0n) is 14.5. The second-order valence-electron chi connectivity index (χ2n) is 5.97. The molecule has 2 heterocycles. The maximum Gasteiger partial charge on any atom is 0.185 e. The summed E-state index contributed by atoms with van der Waals surface area (Å²) in [6, 6.07) is 7.49. The van der Waals surface area contributed by atoms with Crippen LogP contribution in [0.2, 0.25) is 0 Å². The summed E-state index contributed by atoms with van der Waals surface area (Å²) in [5.41, 5.74) is 0. The third-order valence-electron chi connectivity index (χ3n) is 4.11. The van der Waals surface area contributed by atoms with E-state index in [0.29, 0.717) is 19.8 Å². The van der Waals surface area contributed by atoms with Crippen LogP contribution in [0.4, 0.5) is 5.13 Å². The van der Waals surface area contributed by atoms with E-state index in [2.05, 4.69) is 14.8 Å². The summed E-state index contributed by atoms with van der Waals surface area (Å²) in [5, 5.41) is 13.3. The molecule has 1 aliphatic heterocycles. The van der Waals surface area contributed by atoms with E-state index in [1.165, 1.54) is 0 Å². The van der Waals surface area contributed by atoms with Crippen LogP contribution in [-0.2, 0) is 0 Å². The van der Waals surface area contributed by atoms with Crippen molar-refractivity contribution in [3.63, 3.8) is 0 Å². The first-order valence-electron chi connectivity index (χ1n) is 8.65. The minimum atomic E-state index is -0.502. The third-order valence-corrected chi connectivity index (χ3v) is 4.94. The Morgan fingerprint density at radius 1 is 1.12 bits per heavy atom. The van der Waals surface area contributed by atoms with Gasteiger partial charge in [0.1, 0.15) is 24.2 Å². The van der Waals surface area contributed by atoms with Gasteiger partial charge in [-0.3, -0.25) is 4.90 Å². The zero-order valence-corrected chi connectivity index (χ0v) is 15.3. The highest BCUT2D eigenvalue weighted by atomic mass is 32.1. The number of ether oxygens (including phenoxy) is 2. The lowest BCUT2D eigenvalue weighted by Gasteiger charge is -2.35. The lowest BCUT2D eigenvalue weighted by Crippen LogP contribution is -2.49. The standard InChI is InChI=1S/C18H25N3O3S/c1-2-23-16-3-5-17(6-4-16)24-14-15(22)13-20-8-10-21(11-9-20)18-19-7-12-25-18/h3-7,12,15,22H,2,8-11,13-14H2,1H3. The van der Waals surface area contributed by atoms with Gasteiger partial charge in [-0.1, -0.05) is 0 Å². The number of benzene rings is 1. The number of aromatic nitrogens is 1. The lowest BCUT2D eigenvalue weighted by atomic mass is 10.2. The topological polar surface area (TPSA) is 58.1 Å². The minimum absolute atomic E-state index is 0.292. The summed E-state index contributed by atoms with van der Waals surface area (Å²) in [4.78, 5) is 8.92. The van der Waals surface area contributed by atoms with Crippen LogP contribution in [0.15, 0.2) is 35.8 Å². The Hall–Kier alpha value is -1.83. The summed E-state index contributed by atoms with van der Waals surface area (Å²) in [5.74, 6) is 1.57. The fourth-order valence-corrected chi connectivity index (χ4v) is 3.53. The molecule has 1 aliphatic rings. The number of nitrogens with zero attached hydrogens (tertiary/aromatic N) is 3. The van der Waals surface area contributed by atoms with Gasteiger partial charge in [0.15, 0.2) is 5.13 Å². The van der Waals surface area contributed by atoms with E-state index < -0.39 is 6.10 Å². The Labute approximate surface area is 152 Å². The largest absolute Gasteiger partial charge is 0.494 e. The molecule has 1 N–H and O–H groups in total. The fraction of sp³-hybridized carbons (Fsp3) is 0.500. The Morgan fingerprint density at radius 2 is 1.80 bits per heavy atom. The van der Waals surface area contributed by atoms with Crippen LogP contribution in [-0.4, -0.2) is 67.0 Å². The quantitative estimate of drug-likeness (QED) is 0.775. The molecular weight excluding hydrogens is 338 g/mol. The molecule has 1 atom stereocenters. The number of hydrogen-bond donors (Lipinski definition) is 1. The molecule has 6 nitrogen and oxygen atoms in total. The number of anilines is 1. The van der Waals surface area contributed by atoms with Crippen LogP contribution in [0.25, 0.3) is 0 Å². The van der Waals surface area contributed by atoms with Crippen molar-refractivity contribution in [2.75, 3.05) is 50.8 Å². The predicted octanol–water partition coefficient (Wildman–Crippen LogP) is 2.10. The highest BCUT2D eigenvalue weighted by Crippen LogP contribution is 2.19. The van der Waals surface area contributed by atoms with Crippen LogP contribution < -0.4 is 14.4 Å². The summed E-state index contributed by atoms with van der Waals surface area (Å²) in [6.07, 6.45) is 1.34. The first-order valence-corrected chi connectivity index (χ1v) is 9.53. The summed E-state index contributed by atoms with van der Waals surface area (Å²) in [7, 11) is 0. The number of piperazine rings is 1. The molecule has 1 saturated heterocycles. The van der Waals surface area contributed by atoms with Crippen molar-refractivity contribution < 1.29 is 14.6 Å². The molecule has 0 amide bonds. The molecule has 3 rings (SSSR count). The van der Waals surface area contributed by atoms with Gasteiger partial charge in [-0.15, -0.1) is 11.3 Å². The van der Waals surface area contributed by atoms with E-state index in [4.69, 9.17) is 9.47 Å². The Morgan fingerprint density at radius 3 is 2.40 bits per heavy atom. The van der Waals surface area contributed by atoms with Gasteiger partial charge in [0.2, 0.25) is 0 Å². The minimum Gasteiger partial charge on any atom is -0.494 e. The van der Waals surface area contributed by atoms with Gasteiger partial charge in [-0.05, 0) is 31.2 Å². The van der Waals surface area contributed by atoms with Crippen LogP contribution in [0.1, 0.15) is 6.92 Å². The van der Waals surface area contributed by atoms with Crippen LogP contribution in [0.5, 0.6) is 11.5 Å². The fourth-order valence-electron chi connectivity index (χ4n) is 2.84. The van der Waals surface area contributed by atoms with E-state index in [0.717, 1.165) is 42.8 Å². The molecule has 1 aromatic carbocycles.